The summed E-state index contributed by atoms with van der Waals surface area (Å²) in [6.07, 6.45) is 3.72. The summed E-state index contributed by atoms with van der Waals surface area (Å²) in [6.45, 7) is 11.5. The molecule has 1 N–H and O–H groups in total. The molecule has 0 bridgehead atoms. The van der Waals surface area contributed by atoms with E-state index in [1.165, 1.54) is 12.0 Å². The van der Waals surface area contributed by atoms with Crippen LogP contribution in [0.1, 0.15) is 40.0 Å². The molecule has 0 aromatic rings. The predicted octanol–water partition coefficient (Wildman–Crippen LogP) is 2.75. The Bertz CT molecular complexity index is 156. The molecule has 0 saturated heterocycles. The first kappa shape index (κ1) is 13.7. The van der Waals surface area contributed by atoms with Gasteiger partial charge in [0.1, 0.15) is 0 Å². The van der Waals surface area contributed by atoms with Crippen molar-refractivity contribution in [2.75, 3.05) is 13.7 Å². The Labute approximate surface area is 88.7 Å². The van der Waals surface area contributed by atoms with Crippen molar-refractivity contribution in [2.24, 2.45) is 0 Å². The highest BCUT2D eigenvalue weighted by Crippen LogP contribution is 2.09. The summed E-state index contributed by atoms with van der Waals surface area (Å²) in [5.74, 6) is 0. The number of hydrogen-bond donors (Lipinski definition) is 1. The van der Waals surface area contributed by atoms with Gasteiger partial charge in [0.25, 0.3) is 0 Å². The predicted molar refractivity (Wildman–Crippen MR) is 62.6 cm³/mol. The molecule has 0 aliphatic heterocycles. The molecular weight excluding hydrogens is 174 g/mol. The number of ether oxygens (including phenoxy) is 1. The van der Waals surface area contributed by atoms with E-state index in [2.05, 4.69) is 32.7 Å². The summed E-state index contributed by atoms with van der Waals surface area (Å²) in [4.78, 5) is 0. The van der Waals surface area contributed by atoms with E-state index in [1.54, 1.807) is 7.11 Å². The third-order valence-corrected chi connectivity index (χ3v) is 2.50. The van der Waals surface area contributed by atoms with E-state index in [1.807, 2.05) is 0 Å². The Morgan fingerprint density at radius 3 is 2.50 bits per heavy atom. The van der Waals surface area contributed by atoms with Crippen molar-refractivity contribution in [3.05, 3.63) is 12.2 Å². The highest BCUT2D eigenvalue weighted by molar-refractivity contribution is 5.01. The number of nitrogens with one attached hydrogen (secondary N) is 1. The van der Waals surface area contributed by atoms with Crippen LogP contribution in [0, 0.1) is 0 Å². The average molecular weight is 199 g/mol. The van der Waals surface area contributed by atoms with Gasteiger partial charge in [0.15, 0.2) is 0 Å². The minimum absolute atomic E-state index is 0.347. The molecule has 0 spiro atoms. The Balaban J connectivity index is 3.79. The first-order valence-corrected chi connectivity index (χ1v) is 5.53. The average Bonchev–Trinajstić information content (AvgIpc) is 2.16. The van der Waals surface area contributed by atoms with Crippen molar-refractivity contribution in [3.63, 3.8) is 0 Å². The second kappa shape index (κ2) is 8.01. The largest absolute Gasteiger partial charge is 0.382 e. The van der Waals surface area contributed by atoms with Crippen molar-refractivity contribution in [3.8, 4) is 0 Å². The smallest absolute Gasteiger partial charge is 0.0543 e. The molecule has 0 fully saturated rings. The minimum atomic E-state index is 0.347. The Kier molecular flexibility index (Phi) is 7.81. The van der Waals surface area contributed by atoms with Crippen LogP contribution in [-0.4, -0.2) is 25.8 Å². The fraction of sp³-hybridized carbons (Fsp3) is 0.833. The van der Waals surface area contributed by atoms with Crippen molar-refractivity contribution in [1.82, 2.24) is 5.32 Å². The maximum absolute atomic E-state index is 5.23. The van der Waals surface area contributed by atoms with Gasteiger partial charge >= 0.3 is 0 Å². The van der Waals surface area contributed by atoms with E-state index in [-0.39, 0.29) is 0 Å². The van der Waals surface area contributed by atoms with Crippen LogP contribution in [0.2, 0.25) is 0 Å². The van der Waals surface area contributed by atoms with Crippen molar-refractivity contribution < 1.29 is 4.74 Å². The lowest BCUT2D eigenvalue weighted by molar-refractivity contribution is 0.107. The lowest BCUT2D eigenvalue weighted by atomic mass is 10.0. The van der Waals surface area contributed by atoms with Crippen molar-refractivity contribution >= 4 is 0 Å². The summed E-state index contributed by atoms with van der Waals surface area (Å²) in [5, 5.41) is 3.49. The molecule has 84 valence electrons. The monoisotopic (exact) mass is 199 g/mol. The summed E-state index contributed by atoms with van der Waals surface area (Å²) in [6, 6.07) is 0.451. The summed E-state index contributed by atoms with van der Waals surface area (Å²) in [5.41, 5.74) is 1.22. The van der Waals surface area contributed by atoms with Gasteiger partial charge < -0.3 is 10.1 Å². The number of methoxy groups -OCH3 is 1. The number of rotatable bonds is 8. The molecular formula is C12H25NO. The van der Waals surface area contributed by atoms with E-state index in [4.69, 9.17) is 4.74 Å². The maximum atomic E-state index is 5.23. The molecule has 0 aliphatic carbocycles. The Morgan fingerprint density at radius 1 is 1.43 bits per heavy atom. The molecule has 14 heavy (non-hydrogen) atoms. The quantitative estimate of drug-likeness (QED) is 0.607. The van der Waals surface area contributed by atoms with Gasteiger partial charge in [0, 0.05) is 13.2 Å². The van der Waals surface area contributed by atoms with Gasteiger partial charge in [-0.3, -0.25) is 0 Å². The second-order valence-electron chi connectivity index (χ2n) is 3.98. The molecule has 0 aromatic heterocycles. The molecule has 2 atom stereocenters. The molecule has 0 aromatic carbocycles. The molecule has 0 rings (SSSR count). The zero-order valence-corrected chi connectivity index (χ0v) is 10.1. The van der Waals surface area contributed by atoms with Gasteiger partial charge in [-0.15, -0.1) is 0 Å². The first-order chi connectivity index (χ1) is 6.61. The molecule has 0 saturated carbocycles. The van der Waals surface area contributed by atoms with Crippen LogP contribution in [0.25, 0.3) is 0 Å². The molecule has 0 amide bonds. The fourth-order valence-electron chi connectivity index (χ4n) is 1.36. The molecule has 2 heteroatoms. The molecule has 0 heterocycles. The van der Waals surface area contributed by atoms with Crippen LogP contribution in [-0.2, 0) is 4.74 Å². The highest BCUT2D eigenvalue weighted by atomic mass is 16.5. The SMILES string of the molecule is C=C(C)C(CCC(C)OC)NCCC. The van der Waals surface area contributed by atoms with Crippen molar-refractivity contribution in [1.29, 1.82) is 0 Å². The van der Waals surface area contributed by atoms with Gasteiger partial charge in [-0.25, -0.2) is 0 Å². The Hall–Kier alpha value is -0.340. The van der Waals surface area contributed by atoms with Gasteiger partial charge in [-0.2, -0.15) is 0 Å². The van der Waals surface area contributed by atoms with Crippen LogP contribution < -0.4 is 5.32 Å². The van der Waals surface area contributed by atoms with Gasteiger partial charge in [0.05, 0.1) is 6.10 Å². The van der Waals surface area contributed by atoms with E-state index in [0.29, 0.717) is 12.1 Å². The maximum Gasteiger partial charge on any atom is 0.0543 e. The van der Waals surface area contributed by atoms with Crippen LogP contribution in [0.4, 0.5) is 0 Å². The van der Waals surface area contributed by atoms with Crippen LogP contribution in [0.15, 0.2) is 12.2 Å². The second-order valence-corrected chi connectivity index (χ2v) is 3.98. The topological polar surface area (TPSA) is 21.3 Å². The lowest BCUT2D eigenvalue weighted by Gasteiger charge is -2.20. The van der Waals surface area contributed by atoms with Gasteiger partial charge in [-0.05, 0) is 39.7 Å². The van der Waals surface area contributed by atoms with E-state index in [0.717, 1.165) is 19.4 Å². The third-order valence-electron chi connectivity index (χ3n) is 2.50. The number of hydrogen-bond acceptors (Lipinski definition) is 2. The summed E-state index contributed by atoms with van der Waals surface area (Å²) >= 11 is 0. The van der Waals surface area contributed by atoms with Gasteiger partial charge in [0.2, 0.25) is 0 Å². The van der Waals surface area contributed by atoms with Gasteiger partial charge in [-0.1, -0.05) is 19.1 Å². The summed E-state index contributed by atoms with van der Waals surface area (Å²) < 4.78 is 5.23. The van der Waals surface area contributed by atoms with Crippen LogP contribution >= 0.6 is 0 Å². The van der Waals surface area contributed by atoms with E-state index >= 15 is 0 Å². The minimum Gasteiger partial charge on any atom is -0.382 e. The molecule has 2 nitrogen and oxygen atoms in total. The fourth-order valence-corrected chi connectivity index (χ4v) is 1.36. The molecule has 0 aliphatic rings. The third kappa shape index (κ3) is 6.17. The molecule has 0 radical (unpaired) electrons. The van der Waals surface area contributed by atoms with Crippen molar-refractivity contribution in [2.45, 2.75) is 52.2 Å². The van der Waals surface area contributed by atoms with E-state index < -0.39 is 0 Å². The van der Waals surface area contributed by atoms with Crippen LogP contribution in [0.3, 0.4) is 0 Å². The first-order valence-electron chi connectivity index (χ1n) is 5.53. The molecule has 2 unspecified atom stereocenters. The summed E-state index contributed by atoms with van der Waals surface area (Å²) in [7, 11) is 1.76. The normalized spacial score (nSPS) is 15.1. The van der Waals surface area contributed by atoms with E-state index in [9.17, 15) is 0 Å². The lowest BCUT2D eigenvalue weighted by Crippen LogP contribution is -2.31. The highest BCUT2D eigenvalue weighted by Gasteiger charge is 2.09. The van der Waals surface area contributed by atoms with Crippen LogP contribution in [0.5, 0.6) is 0 Å². The zero-order valence-electron chi connectivity index (χ0n) is 10.1. The zero-order chi connectivity index (χ0) is 11.0. The Morgan fingerprint density at radius 2 is 2.07 bits per heavy atom. The standard InChI is InChI=1S/C12H25NO/c1-6-9-13-12(10(2)3)8-7-11(4)14-5/h11-13H,2,6-9H2,1,3-5H3.